The summed E-state index contributed by atoms with van der Waals surface area (Å²) in [6, 6.07) is 13.1. The normalized spacial score (nSPS) is 20.2. The Bertz CT molecular complexity index is 1560. The molecule has 1 aromatic carbocycles. The Morgan fingerprint density at radius 2 is 1.95 bits per heavy atom. The molecule has 0 amide bonds. The van der Waals surface area contributed by atoms with E-state index in [4.69, 9.17) is 10.2 Å². The summed E-state index contributed by atoms with van der Waals surface area (Å²) in [5.74, 6) is 1.16. The molecule has 0 aliphatic heterocycles. The van der Waals surface area contributed by atoms with Crippen molar-refractivity contribution in [3.63, 3.8) is 0 Å². The molecule has 0 saturated heterocycles. The van der Waals surface area contributed by atoms with Crippen molar-refractivity contribution in [3.8, 4) is 11.6 Å². The highest BCUT2D eigenvalue weighted by atomic mass is 16.3. The second-order valence-corrected chi connectivity index (χ2v) is 10.0. The molecule has 3 unspecified atom stereocenters. The van der Waals surface area contributed by atoms with E-state index < -0.39 is 5.54 Å². The highest BCUT2D eigenvalue weighted by molar-refractivity contribution is 5.95. The van der Waals surface area contributed by atoms with Crippen LogP contribution in [0.5, 0.6) is 0 Å². The average Bonchev–Trinajstić information content (AvgIpc) is 3.63. The Labute approximate surface area is 213 Å². The minimum Gasteiger partial charge on any atom is -0.461 e. The monoisotopic (exact) mass is 499 g/mol. The molecule has 3 N–H and O–H groups in total. The number of hydrogen-bond donors (Lipinski definition) is 2. The lowest BCUT2D eigenvalue weighted by Gasteiger charge is -2.31. The summed E-state index contributed by atoms with van der Waals surface area (Å²) in [5, 5.41) is 20.1. The highest BCUT2D eigenvalue weighted by Crippen LogP contribution is 2.36. The molecule has 1 aliphatic carbocycles. The number of ketones is 1. The van der Waals surface area contributed by atoms with Gasteiger partial charge in [-0.3, -0.25) is 4.79 Å². The molecule has 37 heavy (non-hydrogen) atoms. The first-order valence-electron chi connectivity index (χ1n) is 12.7. The first-order valence-corrected chi connectivity index (χ1v) is 12.7. The van der Waals surface area contributed by atoms with Gasteiger partial charge >= 0.3 is 0 Å². The second kappa shape index (κ2) is 9.11. The standard InChI is InChI=1S/C27H29N7O3/c1-27(18-9-3-2-4-10-18,22(36)15-17-8-5-6-11-19(35)14-17)34-25-20(16-29-34)24-30-23(21-12-7-13-37-21)32-33(24)26(28)31-25/h2-4,7,9-10,12-13,16-17,19,35H,5-6,8,11,14-15H2,1H3,(H2,28,31). The molecular formula is C27H29N7O3. The lowest BCUT2D eigenvalue weighted by Crippen LogP contribution is -2.42. The van der Waals surface area contributed by atoms with E-state index in [1.165, 1.54) is 4.52 Å². The number of anilines is 1. The van der Waals surface area contributed by atoms with Gasteiger partial charge in [0.2, 0.25) is 11.8 Å². The van der Waals surface area contributed by atoms with E-state index >= 15 is 0 Å². The Morgan fingerprint density at radius 3 is 2.73 bits per heavy atom. The van der Waals surface area contributed by atoms with Gasteiger partial charge in [-0.15, -0.1) is 5.10 Å². The van der Waals surface area contributed by atoms with E-state index in [0.29, 0.717) is 41.1 Å². The van der Waals surface area contributed by atoms with Gasteiger partial charge in [-0.25, -0.2) is 9.67 Å². The lowest BCUT2D eigenvalue weighted by molar-refractivity contribution is -0.126. The van der Waals surface area contributed by atoms with Gasteiger partial charge in [-0.05, 0) is 49.8 Å². The smallest absolute Gasteiger partial charge is 0.225 e. The van der Waals surface area contributed by atoms with E-state index in [-0.39, 0.29) is 23.8 Å². The predicted octanol–water partition coefficient (Wildman–Crippen LogP) is 3.98. The zero-order chi connectivity index (χ0) is 25.6. The van der Waals surface area contributed by atoms with Crippen LogP contribution in [0.1, 0.15) is 51.0 Å². The number of Topliss-reactive ketones (excluding diaryl/α,β-unsaturated/α-hetero) is 1. The quantitative estimate of drug-likeness (QED) is 0.335. The first kappa shape index (κ1) is 23.4. The zero-order valence-electron chi connectivity index (χ0n) is 20.6. The van der Waals surface area contributed by atoms with Crippen molar-refractivity contribution in [1.82, 2.24) is 29.4 Å². The van der Waals surface area contributed by atoms with Crippen LogP contribution in [0.4, 0.5) is 5.95 Å². The average molecular weight is 500 g/mol. The maximum atomic E-state index is 14.2. The van der Waals surface area contributed by atoms with Crippen molar-refractivity contribution in [2.75, 3.05) is 5.73 Å². The van der Waals surface area contributed by atoms with E-state index in [9.17, 15) is 9.90 Å². The molecule has 10 nitrogen and oxygen atoms in total. The predicted molar refractivity (Wildman–Crippen MR) is 138 cm³/mol. The number of hydrogen-bond acceptors (Lipinski definition) is 8. The molecule has 1 saturated carbocycles. The Balaban J connectivity index is 1.48. The summed E-state index contributed by atoms with van der Waals surface area (Å²) in [7, 11) is 0. The van der Waals surface area contributed by atoms with Gasteiger partial charge in [0, 0.05) is 6.42 Å². The number of rotatable bonds is 6. The van der Waals surface area contributed by atoms with Crippen molar-refractivity contribution >= 4 is 28.4 Å². The zero-order valence-corrected chi connectivity index (χ0v) is 20.6. The SMILES string of the molecule is CC(C(=O)CC1CCCCC(O)C1)(c1ccccc1)n1ncc2c1nc(N)n1nc(-c3ccco3)nc21. The van der Waals surface area contributed by atoms with Crippen LogP contribution >= 0.6 is 0 Å². The first-order chi connectivity index (χ1) is 17.9. The molecule has 10 heteroatoms. The molecular weight excluding hydrogens is 470 g/mol. The van der Waals surface area contributed by atoms with Crippen LogP contribution in [-0.2, 0) is 10.3 Å². The third-order valence-electron chi connectivity index (χ3n) is 7.55. The number of benzene rings is 1. The fourth-order valence-corrected chi connectivity index (χ4v) is 5.49. The van der Waals surface area contributed by atoms with Crippen LogP contribution in [0.2, 0.25) is 0 Å². The number of aliphatic hydroxyl groups is 1. The number of carbonyl (C=O) groups is 1. The topological polar surface area (TPSA) is 137 Å². The van der Waals surface area contributed by atoms with Crippen molar-refractivity contribution in [1.29, 1.82) is 0 Å². The summed E-state index contributed by atoms with van der Waals surface area (Å²) in [6.45, 7) is 1.88. The van der Waals surface area contributed by atoms with Crippen LogP contribution in [0.15, 0.2) is 59.3 Å². The molecule has 1 fully saturated rings. The van der Waals surface area contributed by atoms with Crippen molar-refractivity contribution in [2.24, 2.45) is 5.92 Å². The maximum absolute atomic E-state index is 14.2. The van der Waals surface area contributed by atoms with Gasteiger partial charge in [0.1, 0.15) is 5.54 Å². The van der Waals surface area contributed by atoms with Gasteiger partial charge in [0.25, 0.3) is 0 Å². The largest absolute Gasteiger partial charge is 0.461 e. The lowest BCUT2D eigenvalue weighted by atomic mass is 9.81. The summed E-state index contributed by atoms with van der Waals surface area (Å²) in [5.41, 5.74) is 6.92. The number of fused-ring (bicyclic) bond motifs is 3. The van der Waals surface area contributed by atoms with Crippen LogP contribution in [0.25, 0.3) is 28.3 Å². The van der Waals surface area contributed by atoms with Crippen LogP contribution in [0.3, 0.4) is 0 Å². The Morgan fingerprint density at radius 1 is 1.14 bits per heavy atom. The van der Waals surface area contributed by atoms with Crippen molar-refractivity contribution in [3.05, 3.63) is 60.5 Å². The summed E-state index contributed by atoms with van der Waals surface area (Å²) >= 11 is 0. The Kier molecular flexibility index (Phi) is 5.75. The summed E-state index contributed by atoms with van der Waals surface area (Å²) < 4.78 is 8.57. The number of carbonyl (C=O) groups excluding carboxylic acids is 1. The van der Waals surface area contributed by atoms with E-state index in [0.717, 1.165) is 31.2 Å². The van der Waals surface area contributed by atoms with Crippen LogP contribution in [0, 0.1) is 5.92 Å². The molecule has 4 aromatic heterocycles. The second-order valence-electron chi connectivity index (χ2n) is 10.0. The summed E-state index contributed by atoms with van der Waals surface area (Å²) in [4.78, 5) is 23.4. The molecule has 6 rings (SSSR count). The fourth-order valence-electron chi connectivity index (χ4n) is 5.49. The van der Waals surface area contributed by atoms with Crippen LogP contribution < -0.4 is 5.73 Å². The number of furan rings is 1. The molecule has 190 valence electrons. The highest BCUT2D eigenvalue weighted by Gasteiger charge is 2.41. The van der Waals surface area contributed by atoms with Crippen LogP contribution in [-0.4, -0.2) is 46.4 Å². The van der Waals surface area contributed by atoms with Gasteiger partial charge in [-0.2, -0.15) is 14.6 Å². The third-order valence-corrected chi connectivity index (χ3v) is 7.55. The van der Waals surface area contributed by atoms with Gasteiger partial charge in [-0.1, -0.05) is 43.2 Å². The molecule has 0 bridgehead atoms. The molecule has 3 atom stereocenters. The fraction of sp³-hybridized carbons (Fsp3) is 0.370. The van der Waals surface area contributed by atoms with Crippen molar-refractivity contribution < 1.29 is 14.3 Å². The molecule has 5 aromatic rings. The minimum absolute atomic E-state index is 0.0146. The van der Waals surface area contributed by atoms with E-state index in [1.54, 1.807) is 29.3 Å². The number of nitrogens with two attached hydrogens (primary N) is 1. The molecule has 1 aliphatic rings. The van der Waals surface area contributed by atoms with Gasteiger partial charge in [0.05, 0.1) is 24.0 Å². The third kappa shape index (κ3) is 3.97. The van der Waals surface area contributed by atoms with Gasteiger partial charge < -0.3 is 15.3 Å². The number of aromatic nitrogens is 6. The number of nitrogen functional groups attached to an aromatic ring is 1. The maximum Gasteiger partial charge on any atom is 0.225 e. The van der Waals surface area contributed by atoms with Gasteiger partial charge in [0.15, 0.2) is 22.8 Å². The molecule has 0 spiro atoms. The summed E-state index contributed by atoms with van der Waals surface area (Å²) in [6.07, 6.45) is 7.55. The number of aliphatic hydroxyl groups excluding tert-OH is 1. The Hall–Kier alpha value is -4.05. The molecule has 4 heterocycles. The number of nitrogens with zero attached hydrogens (tertiary/aromatic N) is 6. The van der Waals surface area contributed by atoms with E-state index in [2.05, 4.69) is 20.2 Å². The van der Waals surface area contributed by atoms with Crippen molar-refractivity contribution in [2.45, 2.75) is 57.1 Å². The molecule has 0 radical (unpaired) electrons. The van der Waals surface area contributed by atoms with E-state index in [1.807, 2.05) is 37.3 Å². The minimum atomic E-state index is -1.14.